The number of carbonyl (C=O) groups is 5. The highest BCUT2D eigenvalue weighted by Gasteiger charge is 2.32. The molecule has 218 valence electrons. The van der Waals surface area contributed by atoms with Crippen LogP contribution >= 0.6 is 0 Å². The molecule has 0 radical (unpaired) electrons. The molecule has 10 N–H and O–H groups in total. The van der Waals surface area contributed by atoms with Gasteiger partial charge in [0.1, 0.15) is 29.9 Å². The highest BCUT2D eigenvalue weighted by molar-refractivity contribution is 5.96. The van der Waals surface area contributed by atoms with E-state index in [0.29, 0.717) is 11.1 Å². The normalized spacial score (nSPS) is 13.9. The van der Waals surface area contributed by atoms with E-state index in [1.165, 1.54) is 24.3 Å². The Morgan fingerprint density at radius 1 is 0.805 bits per heavy atom. The Hall–Kier alpha value is -4.95. The van der Waals surface area contributed by atoms with Gasteiger partial charge in [-0.1, -0.05) is 30.3 Å². The fourth-order valence-corrected chi connectivity index (χ4v) is 4.09. The van der Waals surface area contributed by atoms with Gasteiger partial charge in [0, 0.05) is 29.9 Å². The van der Waals surface area contributed by atoms with Crippen LogP contribution in [0.1, 0.15) is 17.5 Å². The van der Waals surface area contributed by atoms with Crippen molar-refractivity contribution in [2.45, 2.75) is 43.4 Å². The molecule has 0 fully saturated rings. The minimum Gasteiger partial charge on any atom is -0.508 e. The number of hydrogen-bond acceptors (Lipinski definition) is 8. The molecule has 0 aliphatic heterocycles. The SMILES string of the molecule is NC(CO)C(=O)NC(CC(=O)O)C(=O)NC(Cc1ccc(O)cc1)C(=O)NC(Cc1c[nH]c2ccccc12)C(=O)O. The number of aromatic amines is 1. The minimum atomic E-state index is -1.66. The van der Waals surface area contributed by atoms with Crippen LogP contribution in [0.25, 0.3) is 10.9 Å². The number of fused-ring (bicyclic) bond motifs is 1. The molecule has 0 aliphatic rings. The third-order valence-electron chi connectivity index (χ3n) is 6.27. The quantitative estimate of drug-likeness (QED) is 0.114. The number of hydrogen-bond donors (Lipinski definition) is 9. The number of aliphatic hydroxyl groups excluding tert-OH is 1. The first kappa shape index (κ1) is 30.6. The number of phenols is 1. The van der Waals surface area contributed by atoms with Gasteiger partial charge in [-0.2, -0.15) is 0 Å². The molecular formula is C27H31N5O9. The second-order valence-corrected chi connectivity index (χ2v) is 9.34. The molecule has 0 saturated heterocycles. The molecule has 3 amide bonds. The highest BCUT2D eigenvalue weighted by Crippen LogP contribution is 2.19. The van der Waals surface area contributed by atoms with Gasteiger partial charge in [0.25, 0.3) is 0 Å². The van der Waals surface area contributed by atoms with E-state index in [-0.39, 0.29) is 18.6 Å². The van der Waals surface area contributed by atoms with Crippen LogP contribution in [-0.2, 0) is 36.8 Å². The highest BCUT2D eigenvalue weighted by atomic mass is 16.4. The second-order valence-electron chi connectivity index (χ2n) is 9.34. The zero-order valence-corrected chi connectivity index (χ0v) is 21.7. The Morgan fingerprint density at radius 3 is 2.05 bits per heavy atom. The van der Waals surface area contributed by atoms with Crippen molar-refractivity contribution in [1.82, 2.24) is 20.9 Å². The third-order valence-corrected chi connectivity index (χ3v) is 6.27. The third kappa shape index (κ3) is 8.52. The predicted molar refractivity (Wildman–Crippen MR) is 145 cm³/mol. The molecule has 4 unspecified atom stereocenters. The number of rotatable bonds is 14. The number of aromatic nitrogens is 1. The van der Waals surface area contributed by atoms with Crippen molar-refractivity contribution in [2.24, 2.45) is 5.73 Å². The molecule has 4 atom stereocenters. The number of nitrogens with two attached hydrogens (primary N) is 1. The summed E-state index contributed by atoms with van der Waals surface area (Å²) in [6, 6.07) is 7.02. The van der Waals surface area contributed by atoms with Crippen LogP contribution < -0.4 is 21.7 Å². The molecule has 3 rings (SSSR count). The van der Waals surface area contributed by atoms with Crippen LogP contribution in [0.4, 0.5) is 0 Å². The minimum absolute atomic E-state index is 0.0482. The molecule has 3 aromatic rings. The van der Waals surface area contributed by atoms with E-state index in [2.05, 4.69) is 20.9 Å². The lowest BCUT2D eigenvalue weighted by Crippen LogP contribution is -2.58. The molecule has 14 nitrogen and oxygen atoms in total. The van der Waals surface area contributed by atoms with Gasteiger partial charge >= 0.3 is 11.9 Å². The molecule has 2 aromatic carbocycles. The van der Waals surface area contributed by atoms with Gasteiger partial charge in [0.15, 0.2) is 0 Å². The summed E-state index contributed by atoms with van der Waals surface area (Å²) in [5.74, 6) is -5.73. The van der Waals surface area contributed by atoms with Crippen LogP contribution in [0.5, 0.6) is 5.75 Å². The molecule has 1 aromatic heterocycles. The molecule has 14 heteroatoms. The van der Waals surface area contributed by atoms with Crippen molar-refractivity contribution >= 4 is 40.6 Å². The number of phenolic OH excluding ortho intramolecular Hbond substituents is 1. The number of carboxylic acid groups (broad SMARTS) is 2. The van der Waals surface area contributed by atoms with Gasteiger partial charge in [-0.25, -0.2) is 4.79 Å². The number of aromatic hydroxyl groups is 1. The molecule has 0 aliphatic carbocycles. The monoisotopic (exact) mass is 569 g/mol. The largest absolute Gasteiger partial charge is 0.508 e. The van der Waals surface area contributed by atoms with Crippen molar-refractivity contribution in [3.63, 3.8) is 0 Å². The first-order valence-corrected chi connectivity index (χ1v) is 12.5. The molecule has 41 heavy (non-hydrogen) atoms. The zero-order valence-electron chi connectivity index (χ0n) is 21.7. The van der Waals surface area contributed by atoms with E-state index >= 15 is 0 Å². The lowest BCUT2D eigenvalue weighted by atomic mass is 10.0. The van der Waals surface area contributed by atoms with E-state index < -0.39 is 66.9 Å². The summed E-state index contributed by atoms with van der Waals surface area (Å²) in [4.78, 5) is 65.1. The van der Waals surface area contributed by atoms with Gasteiger partial charge < -0.3 is 47.1 Å². The smallest absolute Gasteiger partial charge is 0.326 e. The van der Waals surface area contributed by atoms with Crippen molar-refractivity contribution in [2.75, 3.05) is 6.61 Å². The van der Waals surface area contributed by atoms with Gasteiger partial charge in [0.05, 0.1) is 13.0 Å². The number of nitrogens with one attached hydrogen (secondary N) is 4. The van der Waals surface area contributed by atoms with Gasteiger partial charge in [-0.05, 0) is 29.3 Å². The summed E-state index contributed by atoms with van der Waals surface area (Å²) in [6.07, 6.45) is 0.531. The number of aliphatic carboxylic acids is 2. The first-order chi connectivity index (χ1) is 19.5. The maximum Gasteiger partial charge on any atom is 0.326 e. The number of carbonyl (C=O) groups excluding carboxylic acids is 3. The van der Waals surface area contributed by atoms with E-state index in [0.717, 1.165) is 10.9 Å². The lowest BCUT2D eigenvalue weighted by molar-refractivity contribution is -0.143. The predicted octanol–water partition coefficient (Wildman–Crippen LogP) is -1.01. The molecule has 0 bridgehead atoms. The molecule has 0 spiro atoms. The number of para-hydroxylation sites is 1. The summed E-state index contributed by atoms with van der Waals surface area (Å²) in [5.41, 5.74) is 7.35. The summed E-state index contributed by atoms with van der Waals surface area (Å²) in [5, 5.41) is 45.5. The van der Waals surface area contributed by atoms with Crippen molar-refractivity contribution in [3.8, 4) is 5.75 Å². The Morgan fingerprint density at radius 2 is 1.41 bits per heavy atom. The van der Waals surface area contributed by atoms with Crippen LogP contribution in [-0.4, -0.2) is 85.8 Å². The van der Waals surface area contributed by atoms with E-state index in [9.17, 15) is 39.3 Å². The average Bonchev–Trinajstić information content (AvgIpc) is 3.34. The van der Waals surface area contributed by atoms with Crippen molar-refractivity contribution in [3.05, 3.63) is 65.9 Å². The maximum absolute atomic E-state index is 13.4. The average molecular weight is 570 g/mol. The number of carboxylic acids is 2. The van der Waals surface area contributed by atoms with Crippen LogP contribution in [0.15, 0.2) is 54.7 Å². The summed E-state index contributed by atoms with van der Waals surface area (Å²) in [7, 11) is 0. The Bertz CT molecular complexity index is 1410. The number of H-pyrrole nitrogens is 1. The fourth-order valence-electron chi connectivity index (χ4n) is 4.09. The lowest BCUT2D eigenvalue weighted by Gasteiger charge is -2.24. The Balaban J connectivity index is 1.84. The molecule has 1 heterocycles. The topological polar surface area (TPSA) is 244 Å². The molecular weight excluding hydrogens is 538 g/mol. The number of benzene rings is 2. The fraction of sp³-hybridized carbons (Fsp3) is 0.296. The van der Waals surface area contributed by atoms with Crippen LogP contribution in [0.2, 0.25) is 0 Å². The summed E-state index contributed by atoms with van der Waals surface area (Å²) >= 11 is 0. The van der Waals surface area contributed by atoms with Crippen molar-refractivity contribution in [1.29, 1.82) is 0 Å². The van der Waals surface area contributed by atoms with E-state index in [1.807, 2.05) is 12.1 Å². The van der Waals surface area contributed by atoms with Gasteiger partial charge in [0.2, 0.25) is 17.7 Å². The second kappa shape index (κ2) is 13.9. The van der Waals surface area contributed by atoms with Crippen molar-refractivity contribution < 1.29 is 44.4 Å². The van der Waals surface area contributed by atoms with Gasteiger partial charge in [-0.15, -0.1) is 0 Å². The van der Waals surface area contributed by atoms with Crippen LogP contribution in [0, 0.1) is 0 Å². The standard InChI is InChI=1S/C27H31N5O9/c28-18(13-33)24(37)30-21(11-23(35)36)26(39)31-20(9-14-5-7-16(34)8-6-14)25(38)32-22(27(40)41)10-15-12-29-19-4-2-1-3-17(15)19/h1-8,12,18,20-22,29,33-34H,9-11,13,28H2,(H,30,37)(H,31,39)(H,32,38)(H,35,36)(H,40,41). The maximum atomic E-state index is 13.4. The Kier molecular flexibility index (Phi) is 10.4. The number of aliphatic hydroxyl groups is 1. The van der Waals surface area contributed by atoms with E-state index in [4.69, 9.17) is 10.8 Å². The first-order valence-electron chi connectivity index (χ1n) is 12.5. The Labute approximate surface area is 233 Å². The van der Waals surface area contributed by atoms with Crippen LogP contribution in [0.3, 0.4) is 0 Å². The summed E-state index contributed by atoms with van der Waals surface area (Å²) in [6.45, 7) is -0.758. The number of amides is 3. The zero-order chi connectivity index (χ0) is 30.1. The molecule has 0 saturated carbocycles. The van der Waals surface area contributed by atoms with Gasteiger partial charge in [-0.3, -0.25) is 19.2 Å². The summed E-state index contributed by atoms with van der Waals surface area (Å²) < 4.78 is 0. The van der Waals surface area contributed by atoms with E-state index in [1.54, 1.807) is 18.3 Å².